The maximum absolute atomic E-state index is 12.4. The first-order valence-electron chi connectivity index (χ1n) is 14.3. The van der Waals surface area contributed by atoms with Gasteiger partial charge in [0.15, 0.2) is 0 Å². The fourth-order valence-electron chi connectivity index (χ4n) is 6.02. The fraction of sp³-hybridized carbons (Fsp3) is 0.419. The minimum Gasteiger partial charge on any atom is -0.492 e. The second-order valence-corrected chi connectivity index (χ2v) is 11.1. The van der Waals surface area contributed by atoms with E-state index in [1.807, 2.05) is 38.6 Å². The first-order chi connectivity index (χ1) is 19.9. The van der Waals surface area contributed by atoms with Gasteiger partial charge in [0.05, 0.1) is 6.04 Å². The van der Waals surface area contributed by atoms with Crippen LogP contribution in [0.5, 0.6) is 5.75 Å². The number of likely N-dealkylation sites (N-methyl/N-ethyl adjacent to an activating group) is 1. The number of H-pyrrole nitrogens is 1. The molecule has 0 bridgehead atoms. The predicted molar refractivity (Wildman–Crippen MR) is 159 cm³/mol. The van der Waals surface area contributed by atoms with Gasteiger partial charge in [-0.05, 0) is 49.4 Å². The zero-order valence-electron chi connectivity index (χ0n) is 23.9. The average Bonchev–Trinajstić information content (AvgIpc) is 3.50. The molecule has 2 saturated heterocycles. The lowest BCUT2D eigenvalue weighted by Crippen LogP contribution is -2.55. The molecule has 2 aliphatic heterocycles. The minimum atomic E-state index is -0.0926. The number of nitrogens with zero attached hydrogens (tertiary/aromatic N) is 6. The fourth-order valence-corrected chi connectivity index (χ4v) is 6.02. The molecule has 4 aromatic rings. The van der Waals surface area contributed by atoms with Crippen molar-refractivity contribution in [2.45, 2.75) is 31.7 Å². The summed E-state index contributed by atoms with van der Waals surface area (Å²) in [6.07, 6.45) is 9.39. The van der Waals surface area contributed by atoms with Crippen molar-refractivity contribution in [3.05, 3.63) is 71.0 Å². The number of piperazine rings is 1. The summed E-state index contributed by atoms with van der Waals surface area (Å²) in [6, 6.07) is 10.3. The Morgan fingerprint density at radius 3 is 2.44 bits per heavy atom. The standard InChI is InChI=1S/C31H37N7O3/c1-21-29(39)35(2)14-15-37(21)16-17-41-25-6-4-22(5-7-25)23-9-12-38(13-10-23)31-33-18-24(19-34-31)27-20-36(3)30(40)28-26(27)8-11-32-28/h4-8,11,18-21,23,32H,9-10,12-17H2,1-3H3/t21-/m1/s1. The van der Waals surface area contributed by atoms with E-state index in [1.54, 1.807) is 22.7 Å². The molecule has 1 aromatic carbocycles. The highest BCUT2D eigenvalue weighted by atomic mass is 16.5. The van der Waals surface area contributed by atoms with Crippen LogP contribution in [0.15, 0.2) is 59.9 Å². The van der Waals surface area contributed by atoms with E-state index >= 15 is 0 Å². The van der Waals surface area contributed by atoms with Crippen molar-refractivity contribution in [2.24, 2.45) is 7.05 Å². The van der Waals surface area contributed by atoms with Crippen LogP contribution >= 0.6 is 0 Å². The van der Waals surface area contributed by atoms with Gasteiger partial charge in [-0.3, -0.25) is 14.5 Å². The Balaban J connectivity index is 1.02. The Bertz CT molecular complexity index is 1570. The highest BCUT2D eigenvalue weighted by Crippen LogP contribution is 2.31. The number of aromatic amines is 1. The number of fused-ring (bicyclic) bond motifs is 1. The van der Waals surface area contributed by atoms with Crippen molar-refractivity contribution < 1.29 is 9.53 Å². The predicted octanol–water partition coefficient (Wildman–Crippen LogP) is 3.25. The molecule has 10 heteroatoms. The molecule has 0 saturated carbocycles. The van der Waals surface area contributed by atoms with E-state index in [0.29, 0.717) is 18.0 Å². The lowest BCUT2D eigenvalue weighted by molar-refractivity contribution is -0.139. The number of aromatic nitrogens is 4. The van der Waals surface area contributed by atoms with E-state index in [2.05, 4.69) is 49.0 Å². The number of hydrogen-bond donors (Lipinski definition) is 1. The van der Waals surface area contributed by atoms with Gasteiger partial charge in [-0.25, -0.2) is 9.97 Å². The van der Waals surface area contributed by atoms with Crippen LogP contribution in [0.4, 0.5) is 5.95 Å². The van der Waals surface area contributed by atoms with Crippen LogP contribution in [0.3, 0.4) is 0 Å². The zero-order valence-corrected chi connectivity index (χ0v) is 23.9. The van der Waals surface area contributed by atoms with Crippen molar-refractivity contribution in [1.82, 2.24) is 29.3 Å². The van der Waals surface area contributed by atoms with Gasteiger partial charge < -0.3 is 24.1 Å². The maximum atomic E-state index is 12.4. The van der Waals surface area contributed by atoms with Gasteiger partial charge in [-0.15, -0.1) is 0 Å². The molecule has 6 rings (SSSR count). The molecule has 0 unspecified atom stereocenters. The largest absolute Gasteiger partial charge is 0.492 e. The minimum absolute atomic E-state index is 0.0501. The summed E-state index contributed by atoms with van der Waals surface area (Å²) >= 11 is 0. The van der Waals surface area contributed by atoms with Crippen molar-refractivity contribution in [2.75, 3.05) is 51.3 Å². The second-order valence-electron chi connectivity index (χ2n) is 11.1. The normalized spacial score (nSPS) is 18.8. The van der Waals surface area contributed by atoms with E-state index < -0.39 is 0 Å². The van der Waals surface area contributed by atoms with Crippen LogP contribution in [-0.2, 0) is 11.8 Å². The van der Waals surface area contributed by atoms with Crippen LogP contribution in [0.25, 0.3) is 22.0 Å². The molecule has 2 aliphatic rings. The third kappa shape index (κ3) is 5.44. The van der Waals surface area contributed by atoms with Crippen molar-refractivity contribution >= 4 is 22.8 Å². The summed E-state index contributed by atoms with van der Waals surface area (Å²) in [7, 11) is 3.62. The van der Waals surface area contributed by atoms with Crippen LogP contribution < -0.4 is 15.2 Å². The summed E-state index contributed by atoms with van der Waals surface area (Å²) in [5.41, 5.74) is 3.69. The lowest BCUT2D eigenvalue weighted by Gasteiger charge is -2.37. The van der Waals surface area contributed by atoms with E-state index in [9.17, 15) is 9.59 Å². The number of nitrogens with one attached hydrogen (secondary N) is 1. The summed E-state index contributed by atoms with van der Waals surface area (Å²) in [5, 5.41) is 0.878. The van der Waals surface area contributed by atoms with Gasteiger partial charge in [0.2, 0.25) is 11.9 Å². The van der Waals surface area contributed by atoms with Crippen molar-refractivity contribution in [1.29, 1.82) is 0 Å². The second kappa shape index (κ2) is 11.4. The molecule has 10 nitrogen and oxygen atoms in total. The smallest absolute Gasteiger partial charge is 0.274 e. The molecule has 214 valence electrons. The summed E-state index contributed by atoms with van der Waals surface area (Å²) < 4.78 is 7.59. The Hall–Kier alpha value is -4.18. The number of anilines is 1. The number of hydrogen-bond acceptors (Lipinski definition) is 7. The quantitative estimate of drug-likeness (QED) is 0.374. The van der Waals surface area contributed by atoms with Crippen molar-refractivity contribution in [3.8, 4) is 16.9 Å². The van der Waals surface area contributed by atoms with Gasteiger partial charge in [0.1, 0.15) is 17.9 Å². The number of rotatable bonds is 7. The molecule has 1 amide bonds. The molecule has 2 fully saturated rings. The first-order valence-corrected chi connectivity index (χ1v) is 14.3. The number of benzene rings is 1. The topological polar surface area (TPSA) is 99.6 Å². The Morgan fingerprint density at radius 1 is 0.976 bits per heavy atom. The molecular weight excluding hydrogens is 518 g/mol. The Morgan fingerprint density at radius 2 is 1.71 bits per heavy atom. The summed E-state index contributed by atoms with van der Waals surface area (Å²) in [6.45, 7) is 6.71. The highest BCUT2D eigenvalue weighted by Gasteiger charge is 2.29. The van der Waals surface area contributed by atoms with E-state index in [1.165, 1.54) is 5.56 Å². The van der Waals surface area contributed by atoms with E-state index in [4.69, 9.17) is 4.74 Å². The maximum Gasteiger partial charge on any atom is 0.274 e. The number of piperidine rings is 1. The monoisotopic (exact) mass is 555 g/mol. The molecule has 0 aliphatic carbocycles. The highest BCUT2D eigenvalue weighted by molar-refractivity contribution is 5.93. The number of amides is 1. The van der Waals surface area contributed by atoms with Crippen molar-refractivity contribution in [3.63, 3.8) is 0 Å². The molecule has 0 spiro atoms. The van der Waals surface area contributed by atoms with Gasteiger partial charge >= 0.3 is 0 Å². The molecule has 1 N–H and O–H groups in total. The van der Waals surface area contributed by atoms with Crippen LogP contribution in [0.1, 0.15) is 31.2 Å². The summed E-state index contributed by atoms with van der Waals surface area (Å²) in [4.78, 5) is 43.2. The molecule has 5 heterocycles. The zero-order chi connectivity index (χ0) is 28.5. The van der Waals surface area contributed by atoms with Gasteiger partial charge in [-0.2, -0.15) is 0 Å². The van der Waals surface area contributed by atoms with Gasteiger partial charge in [-0.1, -0.05) is 12.1 Å². The van der Waals surface area contributed by atoms with Crippen LogP contribution in [0, 0.1) is 0 Å². The third-order valence-electron chi connectivity index (χ3n) is 8.62. The first kappa shape index (κ1) is 27.0. The average molecular weight is 556 g/mol. The molecule has 0 radical (unpaired) electrons. The van der Waals surface area contributed by atoms with E-state index in [0.717, 1.165) is 73.8 Å². The van der Waals surface area contributed by atoms with Crippen LogP contribution in [-0.4, -0.2) is 87.6 Å². The lowest BCUT2D eigenvalue weighted by atomic mass is 9.89. The molecular formula is C31H37N7O3. The number of carbonyl (C=O) groups excluding carboxylic acids is 1. The number of pyridine rings is 1. The van der Waals surface area contributed by atoms with E-state index in [-0.39, 0.29) is 17.5 Å². The van der Waals surface area contributed by atoms with Crippen LogP contribution in [0.2, 0.25) is 0 Å². The molecule has 41 heavy (non-hydrogen) atoms. The Labute approximate surface area is 239 Å². The summed E-state index contributed by atoms with van der Waals surface area (Å²) in [5.74, 6) is 2.27. The number of aryl methyl sites for hydroxylation is 1. The molecule has 3 aromatic heterocycles. The third-order valence-corrected chi connectivity index (χ3v) is 8.62. The van der Waals surface area contributed by atoms with Gasteiger partial charge in [0, 0.05) is 88.1 Å². The molecule has 1 atom stereocenters. The number of ether oxygens (including phenoxy) is 1. The Kier molecular flexibility index (Phi) is 7.49. The number of carbonyl (C=O) groups is 1. The van der Waals surface area contributed by atoms with Gasteiger partial charge in [0.25, 0.3) is 5.56 Å². The SMILES string of the molecule is C[C@@H]1C(=O)N(C)CCN1CCOc1ccc(C2CCN(c3ncc(-c4cn(C)c(=O)c5[nH]ccc45)cn3)CC2)cc1.